The van der Waals surface area contributed by atoms with Gasteiger partial charge in [0, 0.05) is 11.4 Å². The first-order valence-electron chi connectivity index (χ1n) is 9.47. The molecule has 1 aromatic heterocycles. The molecule has 2 N–H and O–H groups in total. The lowest BCUT2D eigenvalue weighted by molar-refractivity contribution is -0.120. The molecule has 0 radical (unpaired) electrons. The number of benzene rings is 2. The average molecular weight is 409 g/mol. The Morgan fingerprint density at radius 3 is 2.34 bits per heavy atom. The summed E-state index contributed by atoms with van der Waals surface area (Å²) in [7, 11) is 0. The van der Waals surface area contributed by atoms with E-state index >= 15 is 0 Å². The van der Waals surface area contributed by atoms with Crippen molar-refractivity contribution in [3.63, 3.8) is 0 Å². The Labute approximate surface area is 174 Å². The third-order valence-electron chi connectivity index (χ3n) is 4.28. The molecular weight excluding hydrogens is 384 g/mol. The highest BCUT2D eigenvalue weighted by Crippen LogP contribution is 2.15. The van der Waals surface area contributed by atoms with Crippen molar-refractivity contribution in [1.29, 1.82) is 0 Å². The molecule has 29 heavy (non-hydrogen) atoms. The van der Waals surface area contributed by atoms with Crippen molar-refractivity contribution in [2.24, 2.45) is 0 Å². The van der Waals surface area contributed by atoms with Gasteiger partial charge < -0.3 is 15.4 Å². The van der Waals surface area contributed by atoms with E-state index in [0.717, 1.165) is 21.8 Å². The molecule has 1 heterocycles. The maximum Gasteiger partial charge on any atom is 0.261 e. The van der Waals surface area contributed by atoms with Gasteiger partial charge in [-0.2, -0.15) is 0 Å². The van der Waals surface area contributed by atoms with Crippen molar-refractivity contribution in [3.8, 4) is 5.75 Å². The molecular formula is C23H24N2O3S. The van der Waals surface area contributed by atoms with Crippen LogP contribution in [-0.2, 0) is 17.8 Å². The first kappa shape index (κ1) is 20.6. The Kier molecular flexibility index (Phi) is 7.41. The molecule has 0 bridgehead atoms. The van der Waals surface area contributed by atoms with Crippen LogP contribution in [0.25, 0.3) is 0 Å². The number of carbonyl (C=O) groups excluding carboxylic acids is 2. The smallest absolute Gasteiger partial charge is 0.261 e. The lowest BCUT2D eigenvalue weighted by atomic mass is 10.1. The summed E-state index contributed by atoms with van der Waals surface area (Å²) in [6, 6.07) is 21.5. The zero-order valence-corrected chi connectivity index (χ0v) is 17.1. The summed E-state index contributed by atoms with van der Waals surface area (Å²) in [6.07, 6.45) is 0.711. The van der Waals surface area contributed by atoms with E-state index in [2.05, 4.69) is 10.6 Å². The van der Waals surface area contributed by atoms with Crippen LogP contribution in [0.4, 0.5) is 0 Å². The SMILES string of the molecule is Cc1ccc(C(=O)NCC(=O)NCCc2ccc(OCc3ccccc3)cc2)s1. The number of aryl methyl sites for hydroxylation is 1. The van der Waals surface area contributed by atoms with Crippen LogP contribution in [0.5, 0.6) is 5.75 Å². The summed E-state index contributed by atoms with van der Waals surface area (Å²) >= 11 is 1.41. The van der Waals surface area contributed by atoms with Crippen molar-refractivity contribution in [1.82, 2.24) is 10.6 Å². The number of amides is 2. The maximum atomic E-state index is 11.9. The second-order valence-corrected chi connectivity index (χ2v) is 7.90. The van der Waals surface area contributed by atoms with E-state index in [1.165, 1.54) is 11.3 Å². The van der Waals surface area contributed by atoms with E-state index in [-0.39, 0.29) is 18.4 Å². The van der Waals surface area contributed by atoms with Gasteiger partial charge in [-0.05, 0) is 48.7 Å². The largest absolute Gasteiger partial charge is 0.489 e. The fraction of sp³-hybridized carbons (Fsp3) is 0.217. The number of thiophene rings is 1. The van der Waals surface area contributed by atoms with Crippen LogP contribution in [0.1, 0.15) is 25.7 Å². The summed E-state index contributed by atoms with van der Waals surface area (Å²) in [6.45, 7) is 2.96. The van der Waals surface area contributed by atoms with Crippen LogP contribution in [0.2, 0.25) is 0 Å². The molecule has 3 rings (SSSR count). The Bertz CT molecular complexity index is 936. The third kappa shape index (κ3) is 6.76. The zero-order valence-electron chi connectivity index (χ0n) is 16.3. The number of nitrogens with one attached hydrogen (secondary N) is 2. The normalized spacial score (nSPS) is 10.4. The van der Waals surface area contributed by atoms with E-state index in [1.807, 2.05) is 67.6 Å². The van der Waals surface area contributed by atoms with Crippen molar-refractivity contribution in [2.45, 2.75) is 20.0 Å². The summed E-state index contributed by atoms with van der Waals surface area (Å²) < 4.78 is 5.77. The minimum absolute atomic E-state index is 0.0257. The van der Waals surface area contributed by atoms with Crippen LogP contribution < -0.4 is 15.4 Å². The first-order valence-corrected chi connectivity index (χ1v) is 10.3. The van der Waals surface area contributed by atoms with E-state index in [1.54, 1.807) is 6.07 Å². The Morgan fingerprint density at radius 2 is 1.66 bits per heavy atom. The number of hydrogen-bond acceptors (Lipinski definition) is 4. The molecule has 0 saturated carbocycles. The summed E-state index contributed by atoms with van der Waals surface area (Å²) in [5.41, 5.74) is 2.23. The number of carbonyl (C=O) groups is 2. The molecule has 0 unspecified atom stereocenters. The monoisotopic (exact) mass is 408 g/mol. The molecule has 0 aliphatic heterocycles. The highest BCUT2D eigenvalue weighted by molar-refractivity contribution is 7.13. The molecule has 6 heteroatoms. The van der Waals surface area contributed by atoms with E-state index in [4.69, 9.17) is 4.74 Å². The molecule has 3 aromatic rings. The highest BCUT2D eigenvalue weighted by Gasteiger charge is 2.09. The number of ether oxygens (including phenoxy) is 1. The topological polar surface area (TPSA) is 67.4 Å². The average Bonchev–Trinajstić information content (AvgIpc) is 3.18. The van der Waals surface area contributed by atoms with Gasteiger partial charge in [-0.25, -0.2) is 0 Å². The summed E-state index contributed by atoms with van der Waals surface area (Å²) in [5.74, 6) is 0.395. The van der Waals surface area contributed by atoms with Crippen molar-refractivity contribution in [3.05, 3.63) is 87.6 Å². The van der Waals surface area contributed by atoms with Crippen LogP contribution in [0.15, 0.2) is 66.7 Å². The second-order valence-electron chi connectivity index (χ2n) is 6.61. The van der Waals surface area contributed by atoms with Gasteiger partial charge >= 0.3 is 0 Å². The fourth-order valence-corrected chi connectivity index (χ4v) is 3.49. The molecule has 2 aromatic carbocycles. The van der Waals surface area contributed by atoms with Gasteiger partial charge in [0.2, 0.25) is 5.91 Å². The van der Waals surface area contributed by atoms with Gasteiger partial charge in [-0.3, -0.25) is 9.59 Å². The van der Waals surface area contributed by atoms with E-state index in [0.29, 0.717) is 24.4 Å². The van der Waals surface area contributed by atoms with Gasteiger partial charge in [0.15, 0.2) is 0 Å². The lowest BCUT2D eigenvalue weighted by Crippen LogP contribution is -2.37. The van der Waals surface area contributed by atoms with Crippen LogP contribution in [0, 0.1) is 6.92 Å². The minimum atomic E-state index is -0.218. The van der Waals surface area contributed by atoms with Gasteiger partial charge in [-0.1, -0.05) is 42.5 Å². The van der Waals surface area contributed by atoms with Crippen molar-refractivity contribution < 1.29 is 14.3 Å². The Hall–Kier alpha value is -3.12. The first-order chi connectivity index (χ1) is 14.1. The van der Waals surface area contributed by atoms with E-state index < -0.39 is 0 Å². The molecule has 0 atom stereocenters. The quantitative estimate of drug-likeness (QED) is 0.567. The molecule has 0 saturated heterocycles. The molecule has 0 aliphatic rings. The van der Waals surface area contributed by atoms with Gasteiger partial charge in [-0.15, -0.1) is 11.3 Å². The molecule has 0 spiro atoms. The van der Waals surface area contributed by atoms with Crippen LogP contribution in [0.3, 0.4) is 0 Å². The number of rotatable bonds is 9. The van der Waals surface area contributed by atoms with Crippen LogP contribution >= 0.6 is 11.3 Å². The standard InChI is InChI=1S/C23H24N2O3S/c1-17-7-12-21(29-17)23(27)25-15-22(26)24-14-13-18-8-10-20(11-9-18)28-16-19-5-3-2-4-6-19/h2-12H,13-16H2,1H3,(H,24,26)(H,25,27). The molecule has 2 amide bonds. The molecule has 5 nitrogen and oxygen atoms in total. The minimum Gasteiger partial charge on any atom is -0.489 e. The number of hydrogen-bond donors (Lipinski definition) is 2. The van der Waals surface area contributed by atoms with Gasteiger partial charge in [0.25, 0.3) is 5.91 Å². The molecule has 0 aliphatic carbocycles. The summed E-state index contributed by atoms with van der Waals surface area (Å²) in [4.78, 5) is 25.5. The van der Waals surface area contributed by atoms with E-state index in [9.17, 15) is 9.59 Å². The molecule has 150 valence electrons. The fourth-order valence-electron chi connectivity index (χ4n) is 2.71. The van der Waals surface area contributed by atoms with Crippen LogP contribution in [-0.4, -0.2) is 24.9 Å². The zero-order chi connectivity index (χ0) is 20.5. The van der Waals surface area contributed by atoms with Crippen molar-refractivity contribution in [2.75, 3.05) is 13.1 Å². The maximum absolute atomic E-state index is 11.9. The highest BCUT2D eigenvalue weighted by atomic mass is 32.1. The summed E-state index contributed by atoms with van der Waals surface area (Å²) in [5, 5.41) is 5.46. The Morgan fingerprint density at radius 1 is 0.897 bits per heavy atom. The Balaban J connectivity index is 1.34. The third-order valence-corrected chi connectivity index (χ3v) is 5.28. The predicted molar refractivity (Wildman–Crippen MR) is 115 cm³/mol. The van der Waals surface area contributed by atoms with Gasteiger partial charge in [0.05, 0.1) is 11.4 Å². The predicted octanol–water partition coefficient (Wildman–Crippen LogP) is 3.72. The second kappa shape index (κ2) is 10.4. The lowest BCUT2D eigenvalue weighted by Gasteiger charge is -2.08. The van der Waals surface area contributed by atoms with Gasteiger partial charge in [0.1, 0.15) is 12.4 Å². The molecule has 0 fully saturated rings. The van der Waals surface area contributed by atoms with Crippen molar-refractivity contribution >= 4 is 23.2 Å².